The SMILES string of the molecule is CC(C)NCCCN1CC(C)(C)OC(C)(C)C1. The molecule has 1 fully saturated rings. The van der Waals surface area contributed by atoms with Gasteiger partial charge in [0.15, 0.2) is 0 Å². The summed E-state index contributed by atoms with van der Waals surface area (Å²) in [4.78, 5) is 2.53. The van der Waals surface area contributed by atoms with Gasteiger partial charge in [0.2, 0.25) is 0 Å². The lowest BCUT2D eigenvalue weighted by atomic mass is 9.99. The van der Waals surface area contributed by atoms with Crippen LogP contribution in [0, 0.1) is 0 Å². The van der Waals surface area contributed by atoms with Gasteiger partial charge < -0.3 is 10.1 Å². The smallest absolute Gasteiger partial charge is 0.0760 e. The van der Waals surface area contributed by atoms with E-state index in [1.54, 1.807) is 0 Å². The van der Waals surface area contributed by atoms with Crippen LogP contribution >= 0.6 is 0 Å². The van der Waals surface area contributed by atoms with Gasteiger partial charge in [0.1, 0.15) is 0 Å². The van der Waals surface area contributed by atoms with Crippen LogP contribution in [0.1, 0.15) is 48.0 Å². The lowest BCUT2D eigenvalue weighted by molar-refractivity contribution is -0.180. The van der Waals surface area contributed by atoms with Crippen LogP contribution in [0.15, 0.2) is 0 Å². The van der Waals surface area contributed by atoms with E-state index in [-0.39, 0.29) is 11.2 Å². The topological polar surface area (TPSA) is 24.5 Å². The average molecular weight is 242 g/mol. The van der Waals surface area contributed by atoms with E-state index in [9.17, 15) is 0 Å². The van der Waals surface area contributed by atoms with Gasteiger partial charge in [-0.2, -0.15) is 0 Å². The maximum atomic E-state index is 6.08. The summed E-state index contributed by atoms with van der Waals surface area (Å²) in [6.07, 6.45) is 1.21. The number of rotatable bonds is 5. The predicted octanol–water partition coefficient (Wildman–Crippen LogP) is 2.26. The van der Waals surface area contributed by atoms with Crippen molar-refractivity contribution in [3.63, 3.8) is 0 Å². The molecule has 0 aliphatic carbocycles. The molecule has 0 bridgehead atoms. The van der Waals surface area contributed by atoms with Crippen molar-refractivity contribution in [3.8, 4) is 0 Å². The average Bonchev–Trinajstić information content (AvgIpc) is 2.06. The van der Waals surface area contributed by atoms with Crippen molar-refractivity contribution in [2.45, 2.75) is 65.2 Å². The monoisotopic (exact) mass is 242 g/mol. The Labute approximate surface area is 107 Å². The first-order valence-corrected chi connectivity index (χ1v) is 6.86. The van der Waals surface area contributed by atoms with E-state index in [0.717, 1.165) is 26.2 Å². The molecule has 1 rings (SSSR count). The van der Waals surface area contributed by atoms with Crippen LogP contribution in [0.5, 0.6) is 0 Å². The number of nitrogens with one attached hydrogen (secondary N) is 1. The number of morpholine rings is 1. The summed E-state index contributed by atoms with van der Waals surface area (Å²) in [5.41, 5.74) is -0.0412. The van der Waals surface area contributed by atoms with Crippen molar-refractivity contribution < 1.29 is 4.74 Å². The molecule has 102 valence electrons. The van der Waals surface area contributed by atoms with Gasteiger partial charge >= 0.3 is 0 Å². The lowest BCUT2D eigenvalue weighted by Crippen LogP contribution is -2.57. The van der Waals surface area contributed by atoms with Crippen LogP contribution in [-0.2, 0) is 4.74 Å². The van der Waals surface area contributed by atoms with E-state index in [1.807, 2.05) is 0 Å². The summed E-state index contributed by atoms with van der Waals surface area (Å²) in [6, 6.07) is 0.590. The minimum absolute atomic E-state index is 0.0206. The fourth-order valence-electron chi connectivity index (χ4n) is 2.80. The van der Waals surface area contributed by atoms with Crippen molar-refractivity contribution in [3.05, 3.63) is 0 Å². The molecule has 1 heterocycles. The zero-order valence-electron chi connectivity index (χ0n) is 12.5. The molecule has 3 heteroatoms. The van der Waals surface area contributed by atoms with Crippen LogP contribution < -0.4 is 5.32 Å². The molecule has 0 aromatic heterocycles. The van der Waals surface area contributed by atoms with Gasteiger partial charge in [-0.15, -0.1) is 0 Å². The molecule has 1 N–H and O–H groups in total. The predicted molar refractivity (Wildman–Crippen MR) is 73.4 cm³/mol. The Balaban J connectivity index is 2.33. The molecule has 1 saturated heterocycles. The molecule has 0 atom stereocenters. The van der Waals surface area contributed by atoms with Crippen LogP contribution in [-0.4, -0.2) is 48.3 Å². The maximum absolute atomic E-state index is 6.08. The molecule has 3 nitrogen and oxygen atoms in total. The van der Waals surface area contributed by atoms with Gasteiger partial charge in [-0.05, 0) is 47.2 Å². The van der Waals surface area contributed by atoms with Crippen LogP contribution in [0.25, 0.3) is 0 Å². The zero-order valence-corrected chi connectivity index (χ0v) is 12.5. The van der Waals surface area contributed by atoms with E-state index >= 15 is 0 Å². The molecule has 0 unspecified atom stereocenters. The normalized spacial score (nSPS) is 24.2. The molecule has 0 amide bonds. The fraction of sp³-hybridized carbons (Fsp3) is 1.00. The highest BCUT2D eigenvalue weighted by Crippen LogP contribution is 2.27. The van der Waals surface area contributed by atoms with Crippen molar-refractivity contribution in [1.82, 2.24) is 10.2 Å². The molecule has 0 aromatic carbocycles. The Morgan fingerprint density at radius 3 is 2.12 bits per heavy atom. The van der Waals surface area contributed by atoms with E-state index in [4.69, 9.17) is 4.74 Å². The summed E-state index contributed by atoms with van der Waals surface area (Å²) >= 11 is 0. The second-order valence-electron chi connectivity index (χ2n) is 6.79. The van der Waals surface area contributed by atoms with Gasteiger partial charge in [-0.3, -0.25) is 4.90 Å². The van der Waals surface area contributed by atoms with E-state index in [2.05, 4.69) is 51.8 Å². The summed E-state index contributed by atoms with van der Waals surface area (Å²) in [5.74, 6) is 0. The molecule has 17 heavy (non-hydrogen) atoms. The van der Waals surface area contributed by atoms with Gasteiger partial charge in [0.25, 0.3) is 0 Å². The molecule has 1 aliphatic rings. The molecule has 1 aliphatic heterocycles. The number of hydrogen-bond acceptors (Lipinski definition) is 3. The van der Waals surface area contributed by atoms with Gasteiger partial charge in [0.05, 0.1) is 11.2 Å². The van der Waals surface area contributed by atoms with Crippen molar-refractivity contribution in [1.29, 1.82) is 0 Å². The molecular formula is C14H30N2O. The molecule has 0 spiro atoms. The van der Waals surface area contributed by atoms with Gasteiger partial charge in [0, 0.05) is 19.1 Å². The van der Waals surface area contributed by atoms with Crippen LogP contribution in [0.4, 0.5) is 0 Å². The van der Waals surface area contributed by atoms with E-state index < -0.39 is 0 Å². The Morgan fingerprint density at radius 1 is 1.12 bits per heavy atom. The van der Waals surface area contributed by atoms with Gasteiger partial charge in [-0.25, -0.2) is 0 Å². The zero-order chi connectivity index (χ0) is 13.1. The highest BCUT2D eigenvalue weighted by atomic mass is 16.5. The molecule has 0 radical (unpaired) electrons. The number of hydrogen-bond donors (Lipinski definition) is 1. The summed E-state index contributed by atoms with van der Waals surface area (Å²) in [5, 5.41) is 3.47. The quantitative estimate of drug-likeness (QED) is 0.749. The first kappa shape index (κ1) is 14.9. The fourth-order valence-corrected chi connectivity index (χ4v) is 2.80. The second kappa shape index (κ2) is 5.68. The number of ether oxygens (including phenoxy) is 1. The minimum Gasteiger partial charge on any atom is -0.367 e. The van der Waals surface area contributed by atoms with Crippen molar-refractivity contribution in [2.75, 3.05) is 26.2 Å². The summed E-state index contributed by atoms with van der Waals surface area (Å²) in [7, 11) is 0. The minimum atomic E-state index is -0.0206. The third-order valence-corrected chi connectivity index (χ3v) is 2.97. The van der Waals surface area contributed by atoms with Crippen molar-refractivity contribution in [2.24, 2.45) is 0 Å². The first-order chi connectivity index (χ1) is 7.70. The summed E-state index contributed by atoms with van der Waals surface area (Å²) in [6.45, 7) is 17.5. The lowest BCUT2D eigenvalue weighted by Gasteiger charge is -2.47. The largest absolute Gasteiger partial charge is 0.367 e. The third kappa shape index (κ3) is 5.84. The second-order valence-corrected chi connectivity index (χ2v) is 6.79. The van der Waals surface area contributed by atoms with Gasteiger partial charge in [-0.1, -0.05) is 13.8 Å². The van der Waals surface area contributed by atoms with Crippen LogP contribution in [0.3, 0.4) is 0 Å². The Kier molecular flexibility index (Phi) is 4.99. The maximum Gasteiger partial charge on any atom is 0.0760 e. The molecular weight excluding hydrogens is 212 g/mol. The Morgan fingerprint density at radius 2 is 1.65 bits per heavy atom. The summed E-state index contributed by atoms with van der Waals surface area (Å²) < 4.78 is 6.08. The number of nitrogens with zero attached hydrogens (tertiary/aromatic N) is 1. The van der Waals surface area contributed by atoms with E-state index in [1.165, 1.54) is 6.42 Å². The Hall–Kier alpha value is -0.120. The Bertz CT molecular complexity index is 220. The first-order valence-electron chi connectivity index (χ1n) is 6.86. The highest BCUT2D eigenvalue weighted by Gasteiger charge is 2.37. The third-order valence-electron chi connectivity index (χ3n) is 2.97. The molecule has 0 aromatic rings. The standard InChI is InChI=1S/C14H30N2O/c1-12(2)15-8-7-9-16-10-13(3,4)17-14(5,6)11-16/h12,15H,7-11H2,1-6H3. The van der Waals surface area contributed by atoms with Crippen molar-refractivity contribution >= 4 is 0 Å². The molecule has 0 saturated carbocycles. The van der Waals surface area contributed by atoms with Crippen LogP contribution in [0.2, 0.25) is 0 Å². The highest BCUT2D eigenvalue weighted by molar-refractivity contribution is 4.88. The van der Waals surface area contributed by atoms with E-state index in [0.29, 0.717) is 6.04 Å².